The fourth-order valence-electron chi connectivity index (χ4n) is 2.29. The van der Waals surface area contributed by atoms with Crippen molar-refractivity contribution in [3.8, 4) is 0 Å². The highest BCUT2D eigenvalue weighted by atomic mass is 32.2. The Bertz CT molecular complexity index is 696. The summed E-state index contributed by atoms with van der Waals surface area (Å²) in [6.07, 6.45) is 1.83. The first-order valence-corrected chi connectivity index (χ1v) is 11.5. The van der Waals surface area contributed by atoms with Crippen molar-refractivity contribution >= 4 is 29.5 Å². The summed E-state index contributed by atoms with van der Waals surface area (Å²) >= 11 is 0. The smallest absolute Gasteiger partial charge is 0.337 e. The van der Waals surface area contributed by atoms with Gasteiger partial charge < -0.3 is 9.47 Å². The van der Waals surface area contributed by atoms with Gasteiger partial charge >= 0.3 is 22.1 Å². The molecule has 0 fully saturated rings. The van der Waals surface area contributed by atoms with Crippen molar-refractivity contribution in [3.05, 3.63) is 29.3 Å². The Balaban J connectivity index is 3.47. The maximum absolute atomic E-state index is 12.8. The largest absolute Gasteiger partial charge is 0.465 e. The normalized spacial score (nSPS) is 11.9. The van der Waals surface area contributed by atoms with Gasteiger partial charge in [-0.05, 0) is 39.0 Å². The van der Waals surface area contributed by atoms with Gasteiger partial charge in [-0.15, -0.1) is 3.97 Å². The SMILES string of the molecule is CC[P+](CC)(CC)OS(=O)(=O)c1cc(C(=O)OC)cc(C(=O)OC)c1. The summed E-state index contributed by atoms with van der Waals surface area (Å²) in [5, 5.41) is 0. The van der Waals surface area contributed by atoms with Crippen LogP contribution in [-0.4, -0.2) is 53.1 Å². The third kappa shape index (κ3) is 5.00. The van der Waals surface area contributed by atoms with Crippen LogP contribution < -0.4 is 0 Å². The van der Waals surface area contributed by atoms with Crippen molar-refractivity contribution in [1.82, 2.24) is 0 Å². The second-order valence-corrected chi connectivity index (χ2v) is 11.3. The summed E-state index contributed by atoms with van der Waals surface area (Å²) in [5.74, 6) is -1.52. The minimum atomic E-state index is -4.15. The van der Waals surface area contributed by atoms with E-state index >= 15 is 0 Å². The quantitative estimate of drug-likeness (QED) is 0.496. The van der Waals surface area contributed by atoms with Gasteiger partial charge in [0.05, 0.1) is 48.7 Å². The highest BCUT2D eigenvalue weighted by Crippen LogP contribution is 2.60. The summed E-state index contributed by atoms with van der Waals surface area (Å²) in [4.78, 5) is 23.3. The number of methoxy groups -OCH3 is 2. The molecule has 0 saturated carbocycles. The Morgan fingerprint density at radius 2 is 1.28 bits per heavy atom. The molecule has 0 aliphatic heterocycles. The summed E-state index contributed by atoms with van der Waals surface area (Å²) in [6.45, 7) is 5.67. The van der Waals surface area contributed by atoms with Gasteiger partial charge in [0.15, 0.2) is 7.49 Å². The molecular formula is C16H24O7PS+. The molecule has 9 heteroatoms. The Morgan fingerprint density at radius 3 is 1.60 bits per heavy atom. The van der Waals surface area contributed by atoms with E-state index in [1.807, 2.05) is 20.8 Å². The lowest BCUT2D eigenvalue weighted by Gasteiger charge is -2.21. The van der Waals surface area contributed by atoms with Crippen LogP contribution in [0.2, 0.25) is 0 Å². The van der Waals surface area contributed by atoms with Crippen LogP contribution in [0.5, 0.6) is 0 Å². The van der Waals surface area contributed by atoms with Crippen LogP contribution in [0.15, 0.2) is 23.1 Å². The van der Waals surface area contributed by atoms with Gasteiger partial charge in [0.2, 0.25) is 0 Å². The predicted octanol–water partition coefficient (Wildman–Crippen LogP) is 2.96. The number of rotatable bonds is 8. The van der Waals surface area contributed by atoms with Crippen LogP contribution in [0.1, 0.15) is 41.5 Å². The van der Waals surface area contributed by atoms with Crippen LogP contribution >= 0.6 is 7.49 Å². The molecule has 0 bridgehead atoms. The van der Waals surface area contributed by atoms with Crippen molar-refractivity contribution in [3.63, 3.8) is 0 Å². The van der Waals surface area contributed by atoms with Crippen molar-refractivity contribution in [2.45, 2.75) is 25.7 Å². The fraction of sp³-hybridized carbons (Fsp3) is 0.500. The maximum atomic E-state index is 12.8. The molecule has 140 valence electrons. The molecule has 0 heterocycles. The summed E-state index contributed by atoms with van der Waals surface area (Å²) < 4.78 is 40.3. The zero-order valence-corrected chi connectivity index (χ0v) is 16.8. The zero-order valence-electron chi connectivity index (χ0n) is 15.1. The summed E-state index contributed by atoms with van der Waals surface area (Å²) in [5.41, 5.74) is -0.137. The molecule has 0 spiro atoms. The van der Waals surface area contributed by atoms with Gasteiger partial charge in [0, 0.05) is 0 Å². The molecule has 25 heavy (non-hydrogen) atoms. The number of hydrogen-bond acceptors (Lipinski definition) is 7. The van der Waals surface area contributed by atoms with Crippen LogP contribution in [0.4, 0.5) is 0 Å². The molecule has 1 aromatic carbocycles. The molecule has 0 saturated heterocycles. The highest BCUT2D eigenvalue weighted by molar-refractivity contribution is 7.94. The molecule has 0 aromatic heterocycles. The fourth-order valence-corrected chi connectivity index (χ4v) is 7.45. The first-order valence-electron chi connectivity index (χ1n) is 7.82. The van der Waals surface area contributed by atoms with E-state index in [2.05, 4.69) is 9.47 Å². The van der Waals surface area contributed by atoms with E-state index in [0.717, 1.165) is 12.1 Å². The monoisotopic (exact) mass is 391 g/mol. The Kier molecular flexibility index (Phi) is 7.53. The van der Waals surface area contributed by atoms with E-state index in [0.29, 0.717) is 18.5 Å². The lowest BCUT2D eigenvalue weighted by molar-refractivity contribution is 0.0598. The minimum Gasteiger partial charge on any atom is -0.465 e. The topological polar surface area (TPSA) is 96.0 Å². The standard InChI is InChI=1S/C16H24O7PS/c1-6-24(7-2,8-3)23-25(19,20)14-10-12(15(17)21-4)9-13(11-14)16(18)22-5/h9-11H,6-8H2,1-5H3/q+1. The zero-order chi connectivity index (χ0) is 19.3. The molecule has 0 amide bonds. The molecule has 0 atom stereocenters. The van der Waals surface area contributed by atoms with Crippen LogP contribution in [0.3, 0.4) is 0 Å². The first-order chi connectivity index (χ1) is 11.7. The maximum Gasteiger partial charge on any atom is 0.337 e. The van der Waals surface area contributed by atoms with Gasteiger partial charge in [0.25, 0.3) is 0 Å². The van der Waals surface area contributed by atoms with Crippen molar-refractivity contribution in [1.29, 1.82) is 0 Å². The number of carbonyl (C=O) groups excluding carboxylic acids is 2. The average molecular weight is 391 g/mol. The Morgan fingerprint density at radius 1 is 0.880 bits per heavy atom. The number of ether oxygens (including phenoxy) is 2. The first kappa shape index (κ1) is 21.5. The van der Waals surface area contributed by atoms with Crippen molar-refractivity contribution in [2.24, 2.45) is 0 Å². The molecule has 7 nitrogen and oxygen atoms in total. The van der Waals surface area contributed by atoms with E-state index in [1.54, 1.807) is 0 Å². The third-order valence-corrected chi connectivity index (χ3v) is 10.3. The third-order valence-electron chi connectivity index (χ3n) is 4.02. The van der Waals surface area contributed by atoms with Gasteiger partial charge in [0.1, 0.15) is 0 Å². The molecule has 1 rings (SSSR count). The van der Waals surface area contributed by atoms with Crippen molar-refractivity contribution < 1.29 is 31.5 Å². The molecule has 0 aliphatic carbocycles. The molecule has 0 aliphatic rings. The van der Waals surface area contributed by atoms with E-state index in [9.17, 15) is 18.0 Å². The summed E-state index contributed by atoms with van der Waals surface area (Å²) in [7, 11) is -3.95. The number of benzene rings is 1. The molecule has 0 radical (unpaired) electrons. The van der Waals surface area contributed by atoms with Gasteiger partial charge in [-0.1, -0.05) is 0 Å². The average Bonchev–Trinajstić information content (AvgIpc) is 2.64. The Labute approximate surface area is 149 Å². The second kappa shape index (κ2) is 8.74. The van der Waals surface area contributed by atoms with Gasteiger partial charge in [-0.3, -0.25) is 0 Å². The predicted molar refractivity (Wildman–Crippen MR) is 95.9 cm³/mol. The second-order valence-electron chi connectivity index (χ2n) is 5.26. The number of esters is 2. The van der Waals surface area contributed by atoms with Crippen molar-refractivity contribution in [2.75, 3.05) is 32.7 Å². The van der Waals surface area contributed by atoms with Gasteiger partial charge in [-0.25, -0.2) is 9.59 Å². The molecule has 1 aromatic rings. The lowest BCUT2D eigenvalue weighted by atomic mass is 10.1. The minimum absolute atomic E-state index is 0.0685. The highest BCUT2D eigenvalue weighted by Gasteiger charge is 2.41. The van der Waals surface area contributed by atoms with E-state index in [1.165, 1.54) is 20.3 Å². The van der Waals surface area contributed by atoms with Crippen LogP contribution in [0, 0.1) is 0 Å². The van der Waals surface area contributed by atoms with E-state index in [-0.39, 0.29) is 16.0 Å². The number of carbonyl (C=O) groups is 2. The number of hydrogen-bond donors (Lipinski definition) is 0. The summed E-state index contributed by atoms with van der Waals surface area (Å²) in [6, 6.07) is 3.51. The lowest BCUT2D eigenvalue weighted by Crippen LogP contribution is -2.15. The van der Waals surface area contributed by atoms with E-state index in [4.69, 9.17) is 3.97 Å². The molecular weight excluding hydrogens is 367 g/mol. The van der Waals surface area contributed by atoms with Crippen LogP contribution in [-0.2, 0) is 23.6 Å². The van der Waals surface area contributed by atoms with Crippen LogP contribution in [0.25, 0.3) is 0 Å². The van der Waals surface area contributed by atoms with E-state index < -0.39 is 29.5 Å². The Hall–Kier alpha value is -1.50. The molecule has 0 unspecified atom stereocenters. The molecule has 0 N–H and O–H groups in total. The van der Waals surface area contributed by atoms with Gasteiger partial charge in [-0.2, -0.15) is 8.42 Å².